The van der Waals surface area contributed by atoms with Crippen LogP contribution in [0.1, 0.15) is 19.8 Å². The van der Waals surface area contributed by atoms with Gasteiger partial charge in [-0.15, -0.1) is 0 Å². The quantitative estimate of drug-likeness (QED) is 0.839. The second-order valence-corrected chi connectivity index (χ2v) is 4.72. The molecule has 0 radical (unpaired) electrons. The molecule has 0 amide bonds. The molecule has 94 valence electrons. The highest BCUT2D eigenvalue weighted by Gasteiger charge is 2.20. The minimum absolute atomic E-state index is 0.494. The van der Waals surface area contributed by atoms with Crippen LogP contribution in [-0.2, 0) is 0 Å². The number of ether oxygens (including phenoxy) is 1. The van der Waals surface area contributed by atoms with Gasteiger partial charge in [0, 0.05) is 6.04 Å². The van der Waals surface area contributed by atoms with Gasteiger partial charge < -0.3 is 15.4 Å². The summed E-state index contributed by atoms with van der Waals surface area (Å²) < 4.78 is 5.36. The van der Waals surface area contributed by atoms with Crippen molar-refractivity contribution in [3.8, 4) is 5.75 Å². The predicted molar refractivity (Wildman–Crippen MR) is 71.7 cm³/mol. The molecule has 1 heterocycles. The van der Waals surface area contributed by atoms with E-state index in [-0.39, 0.29) is 0 Å². The van der Waals surface area contributed by atoms with Crippen molar-refractivity contribution in [1.82, 2.24) is 5.32 Å². The summed E-state index contributed by atoms with van der Waals surface area (Å²) in [4.78, 5) is 0. The van der Waals surface area contributed by atoms with Crippen molar-refractivity contribution in [3.05, 3.63) is 24.3 Å². The summed E-state index contributed by atoms with van der Waals surface area (Å²) in [6, 6.07) is 8.61. The molecule has 2 rings (SSSR count). The van der Waals surface area contributed by atoms with Crippen LogP contribution in [0.2, 0.25) is 0 Å². The van der Waals surface area contributed by atoms with Crippen LogP contribution in [-0.4, -0.2) is 26.2 Å². The van der Waals surface area contributed by atoms with Crippen molar-refractivity contribution < 1.29 is 4.74 Å². The number of hydrogen-bond donors (Lipinski definition) is 2. The van der Waals surface area contributed by atoms with Crippen LogP contribution in [0, 0.1) is 5.92 Å². The van der Waals surface area contributed by atoms with E-state index in [4.69, 9.17) is 4.74 Å². The maximum atomic E-state index is 5.36. The molecule has 1 aliphatic rings. The molecule has 1 aliphatic heterocycles. The van der Waals surface area contributed by atoms with Crippen LogP contribution in [0.15, 0.2) is 24.3 Å². The molecule has 0 saturated carbocycles. The minimum Gasteiger partial charge on any atom is -0.495 e. The van der Waals surface area contributed by atoms with Gasteiger partial charge in [0.05, 0.1) is 12.8 Å². The summed E-state index contributed by atoms with van der Waals surface area (Å²) in [6.07, 6.45) is 2.51. The molecule has 1 saturated heterocycles. The molecule has 1 aromatic carbocycles. The molecular weight excluding hydrogens is 212 g/mol. The minimum atomic E-state index is 0.494. The Bertz CT molecular complexity index is 348. The number of benzene rings is 1. The van der Waals surface area contributed by atoms with Gasteiger partial charge in [-0.2, -0.15) is 0 Å². The van der Waals surface area contributed by atoms with Gasteiger partial charge in [0.1, 0.15) is 5.75 Å². The number of rotatable bonds is 4. The fraction of sp³-hybridized carbons (Fsp3) is 0.571. The van der Waals surface area contributed by atoms with E-state index >= 15 is 0 Å². The molecular formula is C14H22N2O. The van der Waals surface area contributed by atoms with Crippen molar-refractivity contribution in [3.63, 3.8) is 0 Å². The zero-order valence-corrected chi connectivity index (χ0v) is 10.7. The van der Waals surface area contributed by atoms with Crippen LogP contribution in [0.4, 0.5) is 5.69 Å². The maximum absolute atomic E-state index is 5.36. The highest BCUT2D eigenvalue weighted by atomic mass is 16.5. The Labute approximate surface area is 104 Å². The van der Waals surface area contributed by atoms with E-state index in [9.17, 15) is 0 Å². The van der Waals surface area contributed by atoms with Gasteiger partial charge in [0.15, 0.2) is 0 Å². The number of methoxy groups -OCH3 is 1. The molecule has 0 aliphatic carbocycles. The average molecular weight is 234 g/mol. The molecule has 3 nitrogen and oxygen atoms in total. The van der Waals surface area contributed by atoms with Crippen molar-refractivity contribution in [2.75, 3.05) is 25.5 Å². The van der Waals surface area contributed by atoms with E-state index in [1.807, 2.05) is 18.2 Å². The zero-order valence-electron chi connectivity index (χ0n) is 10.7. The molecule has 0 aromatic heterocycles. The Morgan fingerprint density at radius 2 is 2.00 bits per heavy atom. The third kappa shape index (κ3) is 3.13. The molecule has 2 N–H and O–H groups in total. The van der Waals surface area contributed by atoms with E-state index in [1.165, 1.54) is 12.8 Å². The second-order valence-electron chi connectivity index (χ2n) is 4.72. The fourth-order valence-electron chi connectivity index (χ4n) is 2.47. The van der Waals surface area contributed by atoms with E-state index in [0.717, 1.165) is 30.4 Å². The lowest BCUT2D eigenvalue weighted by molar-refractivity contribution is 0.342. The SMILES string of the molecule is COc1ccccc1NC(C)C1CCNCC1. The lowest BCUT2D eigenvalue weighted by Crippen LogP contribution is -2.36. The van der Waals surface area contributed by atoms with Gasteiger partial charge in [-0.3, -0.25) is 0 Å². The largest absolute Gasteiger partial charge is 0.495 e. The highest BCUT2D eigenvalue weighted by Crippen LogP contribution is 2.26. The Morgan fingerprint density at radius 1 is 1.29 bits per heavy atom. The van der Waals surface area contributed by atoms with Gasteiger partial charge in [-0.1, -0.05) is 12.1 Å². The molecule has 3 heteroatoms. The van der Waals surface area contributed by atoms with Crippen molar-refractivity contribution in [2.24, 2.45) is 5.92 Å². The number of nitrogens with one attached hydrogen (secondary N) is 2. The third-order valence-corrected chi connectivity index (χ3v) is 3.58. The second kappa shape index (κ2) is 5.92. The Hall–Kier alpha value is -1.22. The van der Waals surface area contributed by atoms with Crippen LogP contribution < -0.4 is 15.4 Å². The molecule has 1 aromatic rings. The molecule has 17 heavy (non-hydrogen) atoms. The Morgan fingerprint density at radius 3 is 2.71 bits per heavy atom. The summed E-state index contributed by atoms with van der Waals surface area (Å²) >= 11 is 0. The van der Waals surface area contributed by atoms with Crippen LogP contribution >= 0.6 is 0 Å². The Kier molecular flexibility index (Phi) is 4.26. The lowest BCUT2D eigenvalue weighted by atomic mass is 9.91. The number of hydrogen-bond acceptors (Lipinski definition) is 3. The van der Waals surface area contributed by atoms with Gasteiger partial charge in [-0.25, -0.2) is 0 Å². The molecule has 1 unspecified atom stereocenters. The van der Waals surface area contributed by atoms with E-state index < -0.39 is 0 Å². The van der Waals surface area contributed by atoms with Crippen molar-refractivity contribution >= 4 is 5.69 Å². The molecule has 1 fully saturated rings. The summed E-state index contributed by atoms with van der Waals surface area (Å²) in [5.74, 6) is 1.68. The van der Waals surface area contributed by atoms with Gasteiger partial charge in [0.25, 0.3) is 0 Å². The Balaban J connectivity index is 1.99. The summed E-state index contributed by atoms with van der Waals surface area (Å²) in [7, 11) is 1.72. The third-order valence-electron chi connectivity index (χ3n) is 3.58. The highest BCUT2D eigenvalue weighted by molar-refractivity contribution is 5.56. The lowest BCUT2D eigenvalue weighted by Gasteiger charge is -2.29. The van der Waals surface area contributed by atoms with Gasteiger partial charge >= 0.3 is 0 Å². The van der Waals surface area contributed by atoms with E-state index in [2.05, 4.69) is 23.6 Å². The smallest absolute Gasteiger partial charge is 0.141 e. The number of anilines is 1. The van der Waals surface area contributed by atoms with Gasteiger partial charge in [-0.05, 0) is 50.9 Å². The summed E-state index contributed by atoms with van der Waals surface area (Å²) in [5.41, 5.74) is 1.10. The topological polar surface area (TPSA) is 33.3 Å². The number of piperidine rings is 1. The first-order valence-electron chi connectivity index (χ1n) is 6.41. The first kappa shape index (κ1) is 12.2. The van der Waals surface area contributed by atoms with Gasteiger partial charge in [0.2, 0.25) is 0 Å². The molecule has 0 spiro atoms. The summed E-state index contributed by atoms with van der Waals surface area (Å²) in [6.45, 7) is 4.55. The normalized spacial score (nSPS) is 18.7. The maximum Gasteiger partial charge on any atom is 0.141 e. The molecule has 0 bridgehead atoms. The zero-order chi connectivity index (χ0) is 12.1. The monoisotopic (exact) mass is 234 g/mol. The fourth-order valence-corrected chi connectivity index (χ4v) is 2.47. The number of para-hydroxylation sites is 2. The van der Waals surface area contributed by atoms with E-state index in [0.29, 0.717) is 6.04 Å². The summed E-state index contributed by atoms with van der Waals surface area (Å²) in [5, 5.41) is 6.98. The van der Waals surface area contributed by atoms with E-state index in [1.54, 1.807) is 7.11 Å². The van der Waals surface area contributed by atoms with Crippen molar-refractivity contribution in [1.29, 1.82) is 0 Å². The first-order chi connectivity index (χ1) is 8.31. The van der Waals surface area contributed by atoms with Crippen molar-refractivity contribution in [2.45, 2.75) is 25.8 Å². The molecule has 1 atom stereocenters. The standard InChI is InChI=1S/C14H22N2O/c1-11(12-7-9-15-10-8-12)16-13-5-3-4-6-14(13)17-2/h3-6,11-12,15-16H,7-10H2,1-2H3. The van der Waals surface area contributed by atoms with Crippen LogP contribution in [0.25, 0.3) is 0 Å². The van der Waals surface area contributed by atoms with Crippen LogP contribution in [0.5, 0.6) is 5.75 Å². The first-order valence-corrected chi connectivity index (χ1v) is 6.41. The predicted octanol–water partition coefficient (Wildman–Crippen LogP) is 2.50. The van der Waals surface area contributed by atoms with Crippen LogP contribution in [0.3, 0.4) is 0 Å². The average Bonchev–Trinajstić information content (AvgIpc) is 2.40.